The van der Waals surface area contributed by atoms with Gasteiger partial charge in [-0.3, -0.25) is 9.59 Å². The van der Waals surface area contributed by atoms with Gasteiger partial charge in [0.1, 0.15) is 5.75 Å². The fourth-order valence-electron chi connectivity index (χ4n) is 2.94. The number of nitrogens with one attached hydrogen (secondary N) is 1. The van der Waals surface area contributed by atoms with Crippen LogP contribution in [0.3, 0.4) is 0 Å². The van der Waals surface area contributed by atoms with Crippen LogP contribution in [-0.4, -0.2) is 35.4 Å². The number of nitrogens with zero attached hydrogens (tertiary/aromatic N) is 1. The number of hydrogen-bond donors (Lipinski definition) is 1. The molecule has 3 rings (SSSR count). The van der Waals surface area contributed by atoms with Gasteiger partial charge in [-0.1, -0.05) is 0 Å². The molecule has 1 aromatic rings. The highest BCUT2D eigenvalue weighted by Gasteiger charge is 2.34. The number of anilines is 1. The summed E-state index contributed by atoms with van der Waals surface area (Å²) >= 11 is 0. The number of rotatable bonds is 5. The Morgan fingerprint density at radius 1 is 1.36 bits per heavy atom. The highest BCUT2D eigenvalue weighted by Crippen LogP contribution is 2.29. The number of carbonyl (C=O) groups excluding carboxylic acids is 2. The van der Waals surface area contributed by atoms with Crippen LogP contribution >= 0.6 is 0 Å². The van der Waals surface area contributed by atoms with E-state index in [1.807, 2.05) is 30.9 Å². The van der Waals surface area contributed by atoms with Crippen LogP contribution in [0.15, 0.2) is 18.2 Å². The number of aryl methyl sites for hydroxylation is 1. The molecule has 5 heteroatoms. The maximum absolute atomic E-state index is 12.3. The second kappa shape index (κ2) is 5.99. The number of ether oxygens (including phenoxy) is 1. The highest BCUT2D eigenvalue weighted by molar-refractivity contribution is 5.94. The summed E-state index contributed by atoms with van der Waals surface area (Å²) in [5.74, 6) is 0.777. The topological polar surface area (TPSA) is 58.6 Å². The Kier molecular flexibility index (Phi) is 4.05. The van der Waals surface area contributed by atoms with Crippen molar-refractivity contribution in [1.29, 1.82) is 0 Å². The molecular formula is C17H22N2O3. The van der Waals surface area contributed by atoms with E-state index < -0.39 is 0 Å². The first-order valence-electron chi connectivity index (χ1n) is 7.91. The molecular weight excluding hydrogens is 280 g/mol. The zero-order chi connectivity index (χ0) is 15.7. The van der Waals surface area contributed by atoms with Crippen molar-refractivity contribution in [2.75, 3.05) is 11.9 Å². The zero-order valence-electron chi connectivity index (χ0n) is 13.1. The minimum atomic E-state index is 0.0449. The van der Waals surface area contributed by atoms with E-state index in [1.165, 1.54) is 0 Å². The average molecular weight is 302 g/mol. The summed E-state index contributed by atoms with van der Waals surface area (Å²) in [6, 6.07) is 6.16. The number of carbonyl (C=O) groups is 2. The largest absolute Gasteiger partial charge is 0.484 e. The van der Waals surface area contributed by atoms with Crippen molar-refractivity contribution >= 4 is 17.5 Å². The molecule has 1 aliphatic carbocycles. The summed E-state index contributed by atoms with van der Waals surface area (Å²) in [4.78, 5) is 25.6. The van der Waals surface area contributed by atoms with Crippen molar-refractivity contribution < 1.29 is 14.3 Å². The average Bonchev–Trinajstić information content (AvgIpc) is 3.29. The molecule has 22 heavy (non-hydrogen) atoms. The van der Waals surface area contributed by atoms with Gasteiger partial charge < -0.3 is 15.0 Å². The lowest BCUT2D eigenvalue weighted by Crippen LogP contribution is -2.41. The van der Waals surface area contributed by atoms with Gasteiger partial charge in [0.2, 0.25) is 5.91 Å². The van der Waals surface area contributed by atoms with E-state index in [4.69, 9.17) is 4.74 Å². The second-order valence-electron chi connectivity index (χ2n) is 6.28. The van der Waals surface area contributed by atoms with Gasteiger partial charge in [0.15, 0.2) is 6.61 Å². The monoisotopic (exact) mass is 302 g/mol. The molecule has 1 N–H and O–H groups in total. The van der Waals surface area contributed by atoms with Gasteiger partial charge >= 0.3 is 0 Å². The quantitative estimate of drug-likeness (QED) is 0.908. The molecule has 1 heterocycles. The van der Waals surface area contributed by atoms with E-state index in [0.717, 1.165) is 24.1 Å². The van der Waals surface area contributed by atoms with Crippen LogP contribution in [0.2, 0.25) is 0 Å². The van der Waals surface area contributed by atoms with Gasteiger partial charge in [-0.25, -0.2) is 0 Å². The van der Waals surface area contributed by atoms with Crippen molar-refractivity contribution in [3.8, 4) is 5.75 Å². The molecule has 2 amide bonds. The number of amides is 2. The van der Waals surface area contributed by atoms with Gasteiger partial charge in [-0.05, 0) is 56.9 Å². The van der Waals surface area contributed by atoms with Crippen LogP contribution in [0.5, 0.6) is 5.75 Å². The lowest BCUT2D eigenvalue weighted by Gasteiger charge is -2.26. The Hall–Kier alpha value is -2.04. The van der Waals surface area contributed by atoms with E-state index in [9.17, 15) is 9.59 Å². The number of fused-ring (bicyclic) bond motifs is 1. The van der Waals surface area contributed by atoms with Crippen LogP contribution < -0.4 is 10.1 Å². The summed E-state index contributed by atoms with van der Waals surface area (Å²) in [7, 11) is 0. The fourth-order valence-corrected chi connectivity index (χ4v) is 2.94. The minimum Gasteiger partial charge on any atom is -0.484 e. The maximum Gasteiger partial charge on any atom is 0.260 e. The summed E-state index contributed by atoms with van der Waals surface area (Å²) in [6.45, 7) is 4.15. The van der Waals surface area contributed by atoms with Crippen LogP contribution in [0.4, 0.5) is 5.69 Å². The Morgan fingerprint density at radius 2 is 2.14 bits per heavy atom. The van der Waals surface area contributed by atoms with Crippen LogP contribution in [0.1, 0.15) is 38.7 Å². The van der Waals surface area contributed by atoms with Gasteiger partial charge in [-0.2, -0.15) is 0 Å². The summed E-state index contributed by atoms with van der Waals surface area (Å²) in [6.07, 6.45) is 3.41. The number of hydrogen-bond acceptors (Lipinski definition) is 3. The smallest absolute Gasteiger partial charge is 0.260 e. The molecule has 0 aromatic heterocycles. The van der Waals surface area contributed by atoms with Crippen LogP contribution in [-0.2, 0) is 16.0 Å². The normalized spacial score (nSPS) is 17.0. The molecule has 1 aromatic carbocycles. The lowest BCUT2D eigenvalue weighted by atomic mass is 10.0. The van der Waals surface area contributed by atoms with Gasteiger partial charge in [-0.15, -0.1) is 0 Å². The standard InChI is InChI=1S/C17H22N2O3/c1-11(2)19(13-4-5-13)17(21)10-22-14-6-7-15-12(9-14)3-8-16(20)18-15/h6-7,9,11,13H,3-5,8,10H2,1-2H3,(H,18,20). The van der Waals surface area contributed by atoms with E-state index in [-0.39, 0.29) is 24.5 Å². The Bertz CT molecular complexity index is 592. The van der Waals surface area contributed by atoms with Gasteiger partial charge in [0, 0.05) is 24.2 Å². The maximum atomic E-state index is 12.3. The van der Waals surface area contributed by atoms with E-state index >= 15 is 0 Å². The Labute approximate surface area is 130 Å². The van der Waals surface area contributed by atoms with Crippen LogP contribution in [0, 0.1) is 0 Å². The predicted octanol–water partition coefficient (Wildman–Crippen LogP) is 2.35. The van der Waals surface area contributed by atoms with E-state index in [0.29, 0.717) is 24.6 Å². The molecule has 0 bridgehead atoms. The molecule has 118 valence electrons. The molecule has 0 atom stereocenters. The van der Waals surface area contributed by atoms with Gasteiger partial charge in [0.05, 0.1) is 0 Å². The van der Waals surface area contributed by atoms with Crippen molar-refractivity contribution in [2.45, 2.75) is 51.6 Å². The van der Waals surface area contributed by atoms with Crippen LogP contribution in [0.25, 0.3) is 0 Å². The predicted molar refractivity (Wildman–Crippen MR) is 83.9 cm³/mol. The third-order valence-corrected chi connectivity index (χ3v) is 4.12. The first-order chi connectivity index (χ1) is 10.5. The Morgan fingerprint density at radius 3 is 2.82 bits per heavy atom. The molecule has 1 saturated carbocycles. The first kappa shape index (κ1) is 14.9. The van der Waals surface area contributed by atoms with E-state index in [1.54, 1.807) is 6.07 Å². The summed E-state index contributed by atoms with van der Waals surface area (Å²) < 4.78 is 5.67. The molecule has 1 fully saturated rings. The fraction of sp³-hybridized carbons (Fsp3) is 0.529. The second-order valence-corrected chi connectivity index (χ2v) is 6.28. The molecule has 0 unspecified atom stereocenters. The zero-order valence-corrected chi connectivity index (χ0v) is 13.1. The third kappa shape index (κ3) is 3.24. The molecule has 5 nitrogen and oxygen atoms in total. The Balaban J connectivity index is 1.61. The van der Waals surface area contributed by atoms with Crippen molar-refractivity contribution in [2.24, 2.45) is 0 Å². The first-order valence-corrected chi connectivity index (χ1v) is 7.91. The molecule has 0 saturated heterocycles. The SMILES string of the molecule is CC(C)N(C(=O)COc1ccc2c(c1)CCC(=O)N2)C1CC1. The molecule has 0 spiro atoms. The summed E-state index contributed by atoms with van der Waals surface area (Å²) in [5.41, 5.74) is 1.91. The van der Waals surface area contributed by atoms with Crippen molar-refractivity contribution in [3.63, 3.8) is 0 Å². The third-order valence-electron chi connectivity index (χ3n) is 4.12. The minimum absolute atomic E-state index is 0.0449. The molecule has 1 aliphatic heterocycles. The van der Waals surface area contributed by atoms with Crippen molar-refractivity contribution in [1.82, 2.24) is 4.90 Å². The number of benzene rings is 1. The summed E-state index contributed by atoms with van der Waals surface area (Å²) in [5, 5.41) is 2.84. The molecule has 2 aliphatic rings. The van der Waals surface area contributed by atoms with E-state index in [2.05, 4.69) is 5.32 Å². The van der Waals surface area contributed by atoms with Gasteiger partial charge in [0.25, 0.3) is 5.91 Å². The highest BCUT2D eigenvalue weighted by atomic mass is 16.5. The lowest BCUT2D eigenvalue weighted by molar-refractivity contribution is -0.135. The molecule has 0 radical (unpaired) electrons. The van der Waals surface area contributed by atoms with Crippen molar-refractivity contribution in [3.05, 3.63) is 23.8 Å².